The van der Waals surface area contributed by atoms with E-state index in [1.165, 1.54) is 0 Å². The Morgan fingerprint density at radius 2 is 1.84 bits per heavy atom. The highest BCUT2D eigenvalue weighted by atomic mass is 16.5. The van der Waals surface area contributed by atoms with Crippen molar-refractivity contribution in [2.75, 3.05) is 27.7 Å². The van der Waals surface area contributed by atoms with Crippen LogP contribution >= 0.6 is 0 Å². The lowest BCUT2D eigenvalue weighted by molar-refractivity contribution is 0.0943. The predicted molar refractivity (Wildman–Crippen MR) is 127 cm³/mol. The summed E-state index contributed by atoms with van der Waals surface area (Å²) in [5.74, 6) is 0.657. The highest BCUT2D eigenvalue weighted by Gasteiger charge is 2.20. The topological polar surface area (TPSA) is 67.3 Å². The van der Waals surface area contributed by atoms with Gasteiger partial charge in [0, 0.05) is 35.5 Å². The number of hydrogen-bond acceptors (Lipinski definition) is 5. The first kappa shape index (κ1) is 21.5. The van der Waals surface area contributed by atoms with Crippen LogP contribution in [0.1, 0.15) is 22.0 Å². The van der Waals surface area contributed by atoms with Crippen molar-refractivity contribution >= 4 is 16.8 Å². The molecule has 1 amide bonds. The number of fused-ring (bicyclic) bond motifs is 1. The van der Waals surface area contributed by atoms with E-state index >= 15 is 0 Å². The molecule has 6 heteroatoms. The number of hydrogen-bond donors (Lipinski definition) is 1. The van der Waals surface area contributed by atoms with Gasteiger partial charge < -0.3 is 15.0 Å². The number of rotatable bonds is 7. The minimum atomic E-state index is -0.143. The number of ether oxygens (including phenoxy) is 1. The molecule has 0 aliphatic heterocycles. The lowest BCUT2D eigenvalue weighted by atomic mass is 10.0. The van der Waals surface area contributed by atoms with Gasteiger partial charge in [-0.1, -0.05) is 36.4 Å². The Bertz CT molecular complexity index is 1220. The van der Waals surface area contributed by atoms with E-state index in [0.717, 1.165) is 33.5 Å². The van der Waals surface area contributed by atoms with Gasteiger partial charge in [-0.3, -0.25) is 9.78 Å². The predicted octanol–water partition coefficient (Wildman–Crippen LogP) is 4.34. The fourth-order valence-electron chi connectivity index (χ4n) is 3.82. The second-order valence-corrected chi connectivity index (χ2v) is 7.75. The maximum Gasteiger partial charge on any atom is 0.252 e. The van der Waals surface area contributed by atoms with Crippen molar-refractivity contribution in [1.82, 2.24) is 20.2 Å². The second kappa shape index (κ2) is 9.58. The lowest BCUT2D eigenvalue weighted by Gasteiger charge is -2.26. The fraction of sp³-hybridized carbons (Fsp3) is 0.192. The number of para-hydroxylation sites is 2. The minimum Gasteiger partial charge on any atom is -0.496 e. The first-order valence-corrected chi connectivity index (χ1v) is 10.5. The van der Waals surface area contributed by atoms with Crippen molar-refractivity contribution in [2.45, 2.75) is 6.04 Å². The van der Waals surface area contributed by atoms with Gasteiger partial charge in [-0.2, -0.15) is 0 Å². The molecule has 1 unspecified atom stereocenters. The van der Waals surface area contributed by atoms with Crippen molar-refractivity contribution in [2.24, 2.45) is 0 Å². The monoisotopic (exact) mass is 426 g/mol. The summed E-state index contributed by atoms with van der Waals surface area (Å²) in [5.41, 5.74) is 3.97. The highest BCUT2D eigenvalue weighted by Crippen LogP contribution is 2.28. The van der Waals surface area contributed by atoms with Crippen LogP contribution in [0.2, 0.25) is 0 Å². The molecule has 0 saturated carbocycles. The molecule has 162 valence electrons. The molecule has 2 heterocycles. The summed E-state index contributed by atoms with van der Waals surface area (Å²) in [5, 5.41) is 3.94. The largest absolute Gasteiger partial charge is 0.496 e. The second-order valence-electron chi connectivity index (χ2n) is 7.75. The number of benzene rings is 2. The van der Waals surface area contributed by atoms with E-state index in [4.69, 9.17) is 9.72 Å². The van der Waals surface area contributed by atoms with Gasteiger partial charge in [-0.15, -0.1) is 0 Å². The van der Waals surface area contributed by atoms with Crippen LogP contribution in [0, 0.1) is 0 Å². The highest BCUT2D eigenvalue weighted by molar-refractivity contribution is 6.07. The van der Waals surface area contributed by atoms with Crippen LogP contribution in [0.4, 0.5) is 0 Å². The lowest BCUT2D eigenvalue weighted by Crippen LogP contribution is -2.34. The first-order valence-electron chi connectivity index (χ1n) is 10.5. The van der Waals surface area contributed by atoms with Gasteiger partial charge in [0.25, 0.3) is 5.91 Å². The molecule has 0 saturated heterocycles. The van der Waals surface area contributed by atoms with E-state index in [0.29, 0.717) is 12.1 Å². The Morgan fingerprint density at radius 3 is 2.59 bits per heavy atom. The molecule has 1 atom stereocenters. The molecule has 6 nitrogen and oxygen atoms in total. The van der Waals surface area contributed by atoms with Crippen molar-refractivity contribution in [3.05, 3.63) is 90.3 Å². The molecule has 32 heavy (non-hydrogen) atoms. The van der Waals surface area contributed by atoms with E-state index < -0.39 is 0 Å². The number of carbonyl (C=O) groups is 1. The number of methoxy groups -OCH3 is 1. The zero-order chi connectivity index (χ0) is 22.5. The van der Waals surface area contributed by atoms with E-state index in [2.05, 4.69) is 15.2 Å². The molecule has 0 fully saturated rings. The summed E-state index contributed by atoms with van der Waals surface area (Å²) < 4.78 is 5.54. The average molecular weight is 427 g/mol. The van der Waals surface area contributed by atoms with Crippen LogP contribution in [-0.4, -0.2) is 48.5 Å². The SMILES string of the molecule is COc1ccccc1C(CNC(=O)c1cc(-c2cccnc2)nc2ccccc12)N(C)C. The van der Waals surface area contributed by atoms with E-state index in [9.17, 15) is 4.79 Å². The van der Waals surface area contributed by atoms with Crippen molar-refractivity contribution in [3.8, 4) is 17.0 Å². The number of carbonyl (C=O) groups excluding carboxylic acids is 1. The Balaban J connectivity index is 1.66. The van der Waals surface area contributed by atoms with Crippen LogP contribution in [0.3, 0.4) is 0 Å². The third kappa shape index (κ3) is 4.45. The van der Waals surface area contributed by atoms with Crippen molar-refractivity contribution in [3.63, 3.8) is 0 Å². The Kier molecular flexibility index (Phi) is 6.42. The van der Waals surface area contributed by atoms with Crippen LogP contribution in [0.25, 0.3) is 22.2 Å². The molecule has 4 aromatic rings. The molecule has 0 spiro atoms. The van der Waals surface area contributed by atoms with E-state index in [1.54, 1.807) is 19.5 Å². The summed E-state index contributed by atoms with van der Waals surface area (Å²) in [4.78, 5) is 24.3. The molecule has 4 rings (SSSR count). The molecule has 0 aliphatic carbocycles. The summed E-state index contributed by atoms with van der Waals surface area (Å²) in [6.07, 6.45) is 3.47. The number of nitrogens with one attached hydrogen (secondary N) is 1. The molecule has 0 aliphatic rings. The zero-order valence-electron chi connectivity index (χ0n) is 18.4. The van der Waals surface area contributed by atoms with Gasteiger partial charge >= 0.3 is 0 Å². The smallest absolute Gasteiger partial charge is 0.252 e. The van der Waals surface area contributed by atoms with Gasteiger partial charge in [0.2, 0.25) is 0 Å². The Hall–Kier alpha value is -3.77. The van der Waals surface area contributed by atoms with Crippen LogP contribution in [0.15, 0.2) is 79.1 Å². The molecular formula is C26H26N4O2. The number of likely N-dealkylation sites (N-methyl/N-ethyl adjacent to an activating group) is 1. The van der Waals surface area contributed by atoms with Gasteiger partial charge in [0.05, 0.1) is 29.9 Å². The Labute approximate surface area is 187 Å². The minimum absolute atomic E-state index is 0.0407. The number of amides is 1. The standard InChI is InChI=1S/C26H26N4O2/c1-30(2)24(20-11-5-7-13-25(20)32-3)17-28-26(31)21-15-23(18-9-8-14-27-16-18)29-22-12-6-4-10-19(21)22/h4-16,24H,17H2,1-3H3,(H,28,31). The van der Waals surface area contributed by atoms with E-state index in [-0.39, 0.29) is 11.9 Å². The summed E-state index contributed by atoms with van der Waals surface area (Å²) >= 11 is 0. The van der Waals surface area contributed by atoms with Crippen molar-refractivity contribution in [1.29, 1.82) is 0 Å². The molecule has 2 aromatic heterocycles. The van der Waals surface area contributed by atoms with E-state index in [1.807, 2.05) is 80.8 Å². The number of pyridine rings is 2. The fourth-order valence-corrected chi connectivity index (χ4v) is 3.82. The molecular weight excluding hydrogens is 400 g/mol. The third-order valence-corrected chi connectivity index (χ3v) is 5.50. The summed E-state index contributed by atoms with van der Waals surface area (Å²) in [6, 6.07) is 21.2. The Morgan fingerprint density at radius 1 is 1.06 bits per heavy atom. The molecule has 1 N–H and O–H groups in total. The maximum absolute atomic E-state index is 13.4. The number of nitrogens with zero attached hydrogens (tertiary/aromatic N) is 3. The van der Waals surface area contributed by atoms with Gasteiger partial charge in [0.15, 0.2) is 0 Å². The normalized spacial score (nSPS) is 12.0. The summed E-state index contributed by atoms with van der Waals surface area (Å²) in [7, 11) is 5.64. The molecule has 2 aromatic carbocycles. The van der Waals surface area contributed by atoms with Crippen molar-refractivity contribution < 1.29 is 9.53 Å². The van der Waals surface area contributed by atoms with Crippen LogP contribution in [0.5, 0.6) is 5.75 Å². The van der Waals surface area contributed by atoms with Gasteiger partial charge in [-0.25, -0.2) is 4.98 Å². The number of aromatic nitrogens is 2. The van der Waals surface area contributed by atoms with Crippen LogP contribution < -0.4 is 10.1 Å². The van der Waals surface area contributed by atoms with Gasteiger partial charge in [0.1, 0.15) is 5.75 Å². The quantitative estimate of drug-likeness (QED) is 0.476. The summed E-state index contributed by atoms with van der Waals surface area (Å²) in [6.45, 7) is 0.436. The maximum atomic E-state index is 13.4. The third-order valence-electron chi connectivity index (χ3n) is 5.50. The van der Waals surface area contributed by atoms with Gasteiger partial charge in [-0.05, 0) is 44.4 Å². The average Bonchev–Trinajstić information content (AvgIpc) is 2.84. The zero-order valence-corrected chi connectivity index (χ0v) is 18.4. The van der Waals surface area contributed by atoms with Crippen LogP contribution in [-0.2, 0) is 0 Å². The first-order chi connectivity index (χ1) is 15.6. The molecule has 0 radical (unpaired) electrons. The molecule has 0 bridgehead atoms.